The molecule has 0 saturated heterocycles. The maximum absolute atomic E-state index is 11.9. The zero-order chi connectivity index (χ0) is 15.7. The van der Waals surface area contributed by atoms with Gasteiger partial charge in [-0.15, -0.1) is 0 Å². The van der Waals surface area contributed by atoms with Crippen molar-refractivity contribution < 1.29 is 28.5 Å². The van der Waals surface area contributed by atoms with Gasteiger partial charge in [0.05, 0.1) is 24.3 Å². The van der Waals surface area contributed by atoms with Crippen molar-refractivity contribution in [3.05, 3.63) is 32.9 Å². The first-order valence-corrected chi connectivity index (χ1v) is 7.29. The van der Waals surface area contributed by atoms with Crippen molar-refractivity contribution >= 4 is 34.5 Å². The van der Waals surface area contributed by atoms with Gasteiger partial charge in [-0.3, -0.25) is 0 Å². The number of carbonyl (C=O) groups excluding carboxylic acids is 2. The van der Waals surface area contributed by atoms with E-state index in [0.29, 0.717) is 24.3 Å². The molecule has 0 heterocycles. The highest BCUT2D eigenvalue weighted by Gasteiger charge is 2.14. The van der Waals surface area contributed by atoms with E-state index < -0.39 is 11.9 Å². The molecule has 0 amide bonds. The molecule has 6 nitrogen and oxygen atoms in total. The summed E-state index contributed by atoms with van der Waals surface area (Å²) >= 11 is 2.02. The summed E-state index contributed by atoms with van der Waals surface area (Å²) in [6.45, 7) is 0.964. The molecule has 0 N–H and O–H groups in total. The summed E-state index contributed by atoms with van der Waals surface area (Å²) in [5, 5.41) is 0. The smallest absolute Gasteiger partial charge is 0.338 e. The van der Waals surface area contributed by atoms with Gasteiger partial charge in [0, 0.05) is 17.8 Å². The van der Waals surface area contributed by atoms with Crippen LogP contribution < -0.4 is 0 Å². The van der Waals surface area contributed by atoms with Gasteiger partial charge in [0.25, 0.3) is 0 Å². The average molecular weight is 408 g/mol. The van der Waals surface area contributed by atoms with Gasteiger partial charge < -0.3 is 18.9 Å². The van der Waals surface area contributed by atoms with E-state index in [1.165, 1.54) is 20.3 Å². The van der Waals surface area contributed by atoms with E-state index in [4.69, 9.17) is 18.9 Å². The van der Waals surface area contributed by atoms with Crippen LogP contribution in [0.4, 0.5) is 0 Å². The van der Waals surface area contributed by atoms with Crippen LogP contribution >= 0.6 is 22.6 Å². The molecule has 7 heteroatoms. The van der Waals surface area contributed by atoms with Crippen LogP contribution in [0.3, 0.4) is 0 Å². The SMILES string of the molecule is COCCOC(=O)c1cc(I)cc(C(=O)OCCOC)c1. The highest BCUT2D eigenvalue weighted by atomic mass is 127. The summed E-state index contributed by atoms with van der Waals surface area (Å²) in [4.78, 5) is 23.7. The Morgan fingerprint density at radius 3 is 1.67 bits per heavy atom. The van der Waals surface area contributed by atoms with Crippen molar-refractivity contribution in [3.63, 3.8) is 0 Å². The van der Waals surface area contributed by atoms with E-state index >= 15 is 0 Å². The number of ether oxygens (including phenoxy) is 4. The number of methoxy groups -OCH3 is 2. The lowest BCUT2D eigenvalue weighted by molar-refractivity contribution is 0.0385. The standard InChI is InChI=1S/C14H17IO6/c1-18-3-5-20-13(16)10-7-11(9-12(15)8-10)14(17)21-6-4-19-2/h7-9H,3-6H2,1-2H3. The molecule has 0 aliphatic heterocycles. The molecule has 0 radical (unpaired) electrons. The third-order valence-corrected chi connectivity index (χ3v) is 3.03. The van der Waals surface area contributed by atoms with Crippen LogP contribution in [0.1, 0.15) is 20.7 Å². The molecule has 1 aromatic carbocycles. The van der Waals surface area contributed by atoms with Crippen LogP contribution in [-0.4, -0.2) is 52.6 Å². The van der Waals surface area contributed by atoms with E-state index in [2.05, 4.69) is 0 Å². The van der Waals surface area contributed by atoms with Gasteiger partial charge in [-0.25, -0.2) is 9.59 Å². The Hall–Kier alpha value is -1.19. The second-order valence-corrected chi connectivity index (χ2v) is 5.23. The maximum Gasteiger partial charge on any atom is 0.338 e. The Bertz CT molecular complexity index is 448. The van der Waals surface area contributed by atoms with Crippen LogP contribution in [0.2, 0.25) is 0 Å². The highest BCUT2D eigenvalue weighted by molar-refractivity contribution is 14.1. The summed E-state index contributed by atoms with van der Waals surface area (Å²) in [7, 11) is 3.04. The number of hydrogen-bond acceptors (Lipinski definition) is 6. The van der Waals surface area contributed by atoms with Crippen LogP contribution in [-0.2, 0) is 18.9 Å². The number of rotatable bonds is 8. The van der Waals surface area contributed by atoms with E-state index in [9.17, 15) is 9.59 Å². The zero-order valence-electron chi connectivity index (χ0n) is 11.9. The van der Waals surface area contributed by atoms with Crippen LogP contribution in [0.15, 0.2) is 18.2 Å². The van der Waals surface area contributed by atoms with Gasteiger partial charge in [-0.1, -0.05) is 0 Å². The minimum Gasteiger partial charge on any atom is -0.460 e. The Kier molecular flexibility index (Phi) is 8.24. The van der Waals surface area contributed by atoms with Crippen molar-refractivity contribution in [1.29, 1.82) is 0 Å². The third-order valence-electron chi connectivity index (χ3n) is 2.41. The molecule has 0 spiro atoms. The van der Waals surface area contributed by atoms with Gasteiger partial charge in [-0.05, 0) is 40.8 Å². The Morgan fingerprint density at radius 1 is 0.857 bits per heavy atom. The van der Waals surface area contributed by atoms with Gasteiger partial charge in [0.2, 0.25) is 0 Å². The fraction of sp³-hybridized carbons (Fsp3) is 0.429. The van der Waals surface area contributed by atoms with Crippen molar-refractivity contribution in [3.8, 4) is 0 Å². The molecule has 0 bridgehead atoms. The van der Waals surface area contributed by atoms with Gasteiger partial charge in [0.1, 0.15) is 13.2 Å². The van der Waals surface area contributed by atoms with E-state index in [-0.39, 0.29) is 13.2 Å². The second-order valence-electron chi connectivity index (χ2n) is 3.99. The molecule has 0 aromatic heterocycles. The largest absolute Gasteiger partial charge is 0.460 e. The normalized spacial score (nSPS) is 10.2. The predicted molar refractivity (Wildman–Crippen MR) is 83.5 cm³/mol. The fourth-order valence-corrected chi connectivity index (χ4v) is 2.10. The topological polar surface area (TPSA) is 71.1 Å². The lowest BCUT2D eigenvalue weighted by Crippen LogP contribution is -2.13. The summed E-state index contributed by atoms with van der Waals surface area (Å²) in [5.74, 6) is -1.01. The highest BCUT2D eigenvalue weighted by Crippen LogP contribution is 2.15. The number of carbonyl (C=O) groups is 2. The zero-order valence-corrected chi connectivity index (χ0v) is 14.0. The molecule has 0 atom stereocenters. The number of halogens is 1. The van der Waals surface area contributed by atoms with Crippen LogP contribution in [0.25, 0.3) is 0 Å². The molecule has 1 aromatic rings. The van der Waals surface area contributed by atoms with Crippen molar-refractivity contribution in [2.75, 3.05) is 40.6 Å². The van der Waals surface area contributed by atoms with Gasteiger partial charge in [0.15, 0.2) is 0 Å². The molecule has 0 aliphatic carbocycles. The van der Waals surface area contributed by atoms with Crippen molar-refractivity contribution in [2.45, 2.75) is 0 Å². The minimum atomic E-state index is -0.503. The summed E-state index contributed by atoms with van der Waals surface area (Å²) in [5.41, 5.74) is 0.605. The molecule has 0 aliphatic rings. The molecule has 0 saturated carbocycles. The molecule has 1 rings (SSSR count). The van der Waals surface area contributed by atoms with Crippen LogP contribution in [0, 0.1) is 3.57 Å². The Morgan fingerprint density at radius 2 is 1.29 bits per heavy atom. The molecule has 21 heavy (non-hydrogen) atoms. The first kappa shape index (κ1) is 17.9. The maximum atomic E-state index is 11.9. The third kappa shape index (κ3) is 6.40. The molecular weight excluding hydrogens is 391 g/mol. The van der Waals surface area contributed by atoms with E-state index in [1.54, 1.807) is 12.1 Å². The number of hydrogen-bond donors (Lipinski definition) is 0. The fourth-order valence-electron chi connectivity index (χ4n) is 1.43. The Labute approximate surface area is 136 Å². The van der Waals surface area contributed by atoms with Crippen molar-refractivity contribution in [2.24, 2.45) is 0 Å². The van der Waals surface area contributed by atoms with Gasteiger partial charge in [-0.2, -0.15) is 0 Å². The Balaban J connectivity index is 2.74. The average Bonchev–Trinajstić information content (AvgIpc) is 2.47. The molecule has 0 fully saturated rings. The number of esters is 2. The van der Waals surface area contributed by atoms with Gasteiger partial charge >= 0.3 is 11.9 Å². The lowest BCUT2D eigenvalue weighted by atomic mass is 10.1. The summed E-state index contributed by atoms with van der Waals surface area (Å²) in [6, 6.07) is 4.73. The number of benzene rings is 1. The van der Waals surface area contributed by atoms with Crippen molar-refractivity contribution in [1.82, 2.24) is 0 Å². The lowest BCUT2D eigenvalue weighted by Gasteiger charge is -2.08. The first-order valence-electron chi connectivity index (χ1n) is 6.21. The molecule has 0 unspecified atom stereocenters. The minimum absolute atomic E-state index is 0.161. The van der Waals surface area contributed by atoms with Crippen LogP contribution in [0.5, 0.6) is 0 Å². The molecular formula is C14H17IO6. The van der Waals surface area contributed by atoms with E-state index in [1.807, 2.05) is 22.6 Å². The summed E-state index contributed by atoms with van der Waals surface area (Å²) < 4.78 is 20.4. The molecule has 116 valence electrons. The first-order chi connectivity index (χ1) is 10.1. The quantitative estimate of drug-likeness (QED) is 0.372. The monoisotopic (exact) mass is 408 g/mol. The second kappa shape index (κ2) is 9.69. The van der Waals surface area contributed by atoms with E-state index in [0.717, 1.165) is 3.57 Å². The summed E-state index contributed by atoms with van der Waals surface area (Å²) in [6.07, 6.45) is 0. The predicted octanol–water partition coefficient (Wildman–Crippen LogP) is 1.90.